The van der Waals surface area contributed by atoms with Gasteiger partial charge in [0.1, 0.15) is 0 Å². The number of carbonyl (C=O) groups is 1. The van der Waals surface area contributed by atoms with Crippen molar-refractivity contribution in [2.24, 2.45) is 5.92 Å². The van der Waals surface area contributed by atoms with E-state index in [0.29, 0.717) is 11.0 Å². The fourth-order valence-electron chi connectivity index (χ4n) is 2.79. The number of hydrogen-bond acceptors (Lipinski definition) is 5. The van der Waals surface area contributed by atoms with Crippen LogP contribution in [-0.2, 0) is 9.53 Å². The molecular formula is C15H19N3O2S. The van der Waals surface area contributed by atoms with Crippen LogP contribution in [0.15, 0.2) is 6.20 Å². The third-order valence-corrected chi connectivity index (χ3v) is 5.25. The predicted octanol–water partition coefficient (Wildman–Crippen LogP) is 1.93. The van der Waals surface area contributed by atoms with E-state index in [1.165, 1.54) is 4.88 Å². The van der Waals surface area contributed by atoms with E-state index in [1.807, 2.05) is 6.20 Å². The molecule has 2 fully saturated rings. The van der Waals surface area contributed by atoms with Crippen LogP contribution in [0.5, 0.6) is 0 Å². The molecule has 2 N–H and O–H groups in total. The minimum Gasteiger partial charge on any atom is -0.381 e. The number of terminal acetylenes is 1. The molecule has 1 amide bonds. The number of hydrogen-bond donors (Lipinski definition) is 2. The second-order valence-corrected chi connectivity index (χ2v) is 6.66. The van der Waals surface area contributed by atoms with Gasteiger partial charge in [0.25, 0.3) is 0 Å². The van der Waals surface area contributed by atoms with E-state index in [-0.39, 0.29) is 17.9 Å². The average molecular weight is 305 g/mol. The lowest BCUT2D eigenvalue weighted by Crippen LogP contribution is -2.44. The largest absolute Gasteiger partial charge is 0.381 e. The molecule has 0 aromatic carbocycles. The van der Waals surface area contributed by atoms with Gasteiger partial charge in [0.2, 0.25) is 5.91 Å². The summed E-state index contributed by atoms with van der Waals surface area (Å²) in [5, 5.41) is 6.53. The van der Waals surface area contributed by atoms with E-state index in [0.717, 1.165) is 38.9 Å². The summed E-state index contributed by atoms with van der Waals surface area (Å²) in [5.74, 6) is 0.624. The van der Waals surface area contributed by atoms with Crippen LogP contribution in [0.4, 0.5) is 5.13 Å². The molecule has 1 aromatic rings. The molecule has 0 spiro atoms. The van der Waals surface area contributed by atoms with Gasteiger partial charge in [0, 0.05) is 42.3 Å². The van der Waals surface area contributed by atoms with E-state index >= 15 is 0 Å². The molecule has 1 aliphatic heterocycles. The van der Waals surface area contributed by atoms with Gasteiger partial charge < -0.3 is 15.4 Å². The van der Waals surface area contributed by atoms with E-state index in [4.69, 9.17) is 11.2 Å². The smallest absolute Gasteiger partial charge is 0.229 e. The van der Waals surface area contributed by atoms with Crippen LogP contribution < -0.4 is 10.6 Å². The Morgan fingerprint density at radius 1 is 1.43 bits per heavy atom. The minimum absolute atomic E-state index is 0.0475. The van der Waals surface area contributed by atoms with Gasteiger partial charge in [0.05, 0.1) is 0 Å². The van der Waals surface area contributed by atoms with Crippen molar-refractivity contribution >= 4 is 22.4 Å². The number of nitrogens with one attached hydrogen (secondary N) is 2. The highest BCUT2D eigenvalue weighted by atomic mass is 32.1. The zero-order valence-corrected chi connectivity index (χ0v) is 12.6. The molecule has 1 saturated carbocycles. The summed E-state index contributed by atoms with van der Waals surface area (Å²) in [6.07, 6.45) is 10.7. The second-order valence-electron chi connectivity index (χ2n) is 5.60. The molecule has 3 rings (SSSR count). The number of nitrogens with zero attached hydrogens (tertiary/aromatic N) is 1. The van der Waals surface area contributed by atoms with Crippen molar-refractivity contribution in [1.82, 2.24) is 10.3 Å². The lowest BCUT2D eigenvalue weighted by atomic mass is 9.80. The molecule has 21 heavy (non-hydrogen) atoms. The number of rotatable bonds is 4. The van der Waals surface area contributed by atoms with Crippen molar-refractivity contribution in [1.29, 1.82) is 0 Å². The zero-order chi connectivity index (χ0) is 14.7. The predicted molar refractivity (Wildman–Crippen MR) is 82.0 cm³/mol. The number of aromatic nitrogens is 1. The summed E-state index contributed by atoms with van der Waals surface area (Å²) in [5.41, 5.74) is 0. The fourth-order valence-corrected chi connectivity index (χ4v) is 3.78. The number of carbonyl (C=O) groups excluding carboxylic acids is 1. The summed E-state index contributed by atoms with van der Waals surface area (Å²) in [6.45, 7) is 1.63. The summed E-state index contributed by atoms with van der Waals surface area (Å²) in [7, 11) is 0. The molecule has 1 saturated heterocycles. The first-order chi connectivity index (χ1) is 10.3. The number of ether oxygens (including phenoxy) is 1. The van der Waals surface area contributed by atoms with Crippen LogP contribution in [0, 0.1) is 18.4 Å². The molecule has 5 nitrogen and oxygen atoms in total. The SMILES string of the molecule is C#CNC1CC(C(=O)Nc2ncc(C3CCOCC3)s2)C1. The first-order valence-corrected chi connectivity index (χ1v) is 8.13. The molecule has 0 atom stereocenters. The quantitative estimate of drug-likeness (QED) is 0.659. The molecule has 2 aliphatic rings. The Labute approximate surface area is 128 Å². The highest BCUT2D eigenvalue weighted by Gasteiger charge is 2.34. The van der Waals surface area contributed by atoms with Gasteiger partial charge in [0.15, 0.2) is 5.13 Å². The van der Waals surface area contributed by atoms with Gasteiger partial charge in [-0.25, -0.2) is 4.98 Å². The molecule has 112 valence electrons. The van der Waals surface area contributed by atoms with E-state index in [9.17, 15) is 4.79 Å². The van der Waals surface area contributed by atoms with E-state index < -0.39 is 0 Å². The molecule has 1 aromatic heterocycles. The van der Waals surface area contributed by atoms with Crippen molar-refractivity contribution in [3.63, 3.8) is 0 Å². The number of thiazole rings is 1. The Balaban J connectivity index is 1.50. The summed E-state index contributed by atoms with van der Waals surface area (Å²) < 4.78 is 5.37. The van der Waals surface area contributed by atoms with Crippen LogP contribution in [0.1, 0.15) is 36.5 Å². The van der Waals surface area contributed by atoms with Crippen molar-refractivity contribution in [3.05, 3.63) is 11.1 Å². The third-order valence-electron chi connectivity index (χ3n) is 4.17. The zero-order valence-electron chi connectivity index (χ0n) is 11.8. The van der Waals surface area contributed by atoms with E-state index in [2.05, 4.69) is 21.7 Å². The third kappa shape index (κ3) is 3.36. The number of anilines is 1. The maximum Gasteiger partial charge on any atom is 0.229 e. The Hall–Kier alpha value is -1.58. The summed E-state index contributed by atoms with van der Waals surface area (Å²) in [6, 6.07) is 2.69. The molecular weight excluding hydrogens is 286 g/mol. The molecule has 1 aliphatic carbocycles. The maximum atomic E-state index is 12.1. The van der Waals surface area contributed by atoms with E-state index in [1.54, 1.807) is 11.3 Å². The van der Waals surface area contributed by atoms with Gasteiger partial charge in [-0.1, -0.05) is 6.42 Å². The Kier molecular flexibility index (Phi) is 4.42. The van der Waals surface area contributed by atoms with Crippen molar-refractivity contribution in [2.75, 3.05) is 18.5 Å². The summed E-state index contributed by atoms with van der Waals surface area (Å²) >= 11 is 1.58. The minimum atomic E-state index is 0.0475. The van der Waals surface area contributed by atoms with Crippen LogP contribution in [0.3, 0.4) is 0 Å². The van der Waals surface area contributed by atoms with Gasteiger partial charge >= 0.3 is 0 Å². The summed E-state index contributed by atoms with van der Waals surface area (Å²) in [4.78, 5) is 17.7. The van der Waals surface area contributed by atoms with Crippen LogP contribution >= 0.6 is 11.3 Å². The topological polar surface area (TPSA) is 63.2 Å². The lowest BCUT2D eigenvalue weighted by Gasteiger charge is -2.33. The second kappa shape index (κ2) is 6.46. The van der Waals surface area contributed by atoms with Crippen molar-refractivity contribution in [3.8, 4) is 12.5 Å². The number of amides is 1. The standard InChI is InChI=1S/C15H19N3O2S/c1-2-16-12-7-11(8-12)14(19)18-15-17-9-13(21-15)10-3-5-20-6-4-10/h1,9-12,16H,3-8H2,(H,17,18,19). The lowest BCUT2D eigenvalue weighted by molar-refractivity contribution is -0.122. The Morgan fingerprint density at radius 2 is 2.19 bits per heavy atom. The van der Waals surface area contributed by atoms with Gasteiger partial charge in [-0.05, 0) is 31.6 Å². The molecule has 2 heterocycles. The highest BCUT2D eigenvalue weighted by molar-refractivity contribution is 7.15. The molecule has 0 radical (unpaired) electrons. The van der Waals surface area contributed by atoms with Gasteiger partial charge in [-0.3, -0.25) is 4.79 Å². The van der Waals surface area contributed by atoms with Crippen LogP contribution in [0.25, 0.3) is 0 Å². The fraction of sp³-hybridized carbons (Fsp3) is 0.600. The highest BCUT2D eigenvalue weighted by Crippen LogP contribution is 2.34. The Morgan fingerprint density at radius 3 is 2.90 bits per heavy atom. The molecule has 0 bridgehead atoms. The van der Waals surface area contributed by atoms with Crippen molar-refractivity contribution in [2.45, 2.75) is 37.6 Å². The normalized spacial score (nSPS) is 25.7. The first kappa shape index (κ1) is 14.4. The molecule has 0 unspecified atom stereocenters. The monoisotopic (exact) mass is 305 g/mol. The van der Waals surface area contributed by atoms with Crippen LogP contribution in [-0.4, -0.2) is 30.1 Å². The Bertz CT molecular complexity index is 539. The van der Waals surface area contributed by atoms with Gasteiger partial charge in [-0.15, -0.1) is 11.3 Å². The maximum absolute atomic E-state index is 12.1. The van der Waals surface area contributed by atoms with Crippen molar-refractivity contribution < 1.29 is 9.53 Å². The average Bonchev–Trinajstić information content (AvgIpc) is 2.91. The van der Waals surface area contributed by atoms with Crippen LogP contribution in [0.2, 0.25) is 0 Å². The van der Waals surface area contributed by atoms with Gasteiger partial charge in [-0.2, -0.15) is 0 Å². The first-order valence-electron chi connectivity index (χ1n) is 7.31. The molecule has 6 heteroatoms.